The van der Waals surface area contributed by atoms with Gasteiger partial charge in [-0.3, -0.25) is 14.6 Å². The van der Waals surface area contributed by atoms with Crippen LogP contribution in [0.25, 0.3) is 23.5 Å². The van der Waals surface area contributed by atoms with E-state index in [-0.39, 0.29) is 11.7 Å². The van der Waals surface area contributed by atoms with Crippen LogP contribution in [0, 0.1) is 0 Å². The van der Waals surface area contributed by atoms with E-state index in [9.17, 15) is 9.59 Å². The highest BCUT2D eigenvalue weighted by Gasteiger charge is 2.33. The Kier molecular flexibility index (Phi) is 2.37. The molecule has 0 unspecified atom stereocenters. The second-order valence-electron chi connectivity index (χ2n) is 7.03. The normalized spacial score (nSPS) is 20.9. The van der Waals surface area contributed by atoms with Gasteiger partial charge in [-0.2, -0.15) is 0 Å². The molecule has 0 saturated carbocycles. The van der Waals surface area contributed by atoms with Gasteiger partial charge in [0.2, 0.25) is 0 Å². The fourth-order valence-corrected chi connectivity index (χ4v) is 4.42. The average Bonchev–Trinajstić information content (AvgIpc) is 3.31. The number of hydrogen-bond acceptors (Lipinski definition) is 4. The first-order valence-corrected chi connectivity index (χ1v) is 8.60. The number of rotatable bonds is 0. The van der Waals surface area contributed by atoms with Gasteiger partial charge < -0.3 is 4.90 Å². The third-order valence-electron chi connectivity index (χ3n) is 5.57. The summed E-state index contributed by atoms with van der Waals surface area (Å²) in [4.78, 5) is 35.9. The van der Waals surface area contributed by atoms with E-state index in [2.05, 4.69) is 11.1 Å². The topological polar surface area (TPSA) is 62.1 Å². The highest BCUT2D eigenvalue weighted by atomic mass is 16.2. The lowest BCUT2D eigenvalue weighted by molar-refractivity contribution is -0.113. The fourth-order valence-electron chi connectivity index (χ4n) is 4.42. The minimum Gasteiger partial charge on any atom is -0.317 e. The number of hydrogen-bond donors (Lipinski definition) is 0. The summed E-state index contributed by atoms with van der Waals surface area (Å²) < 4.78 is 0. The Morgan fingerprint density at radius 2 is 2.00 bits per heavy atom. The molecular weight excluding hydrogens is 326 g/mol. The number of carbonyl (C=O) groups excluding carboxylic acids is 2. The Labute approximate surface area is 148 Å². The molecule has 0 aromatic heterocycles. The van der Waals surface area contributed by atoms with Crippen LogP contribution in [0.4, 0.5) is 0 Å². The third-order valence-corrected chi connectivity index (χ3v) is 5.57. The van der Waals surface area contributed by atoms with Gasteiger partial charge in [0, 0.05) is 47.1 Å². The monoisotopic (exact) mass is 339 g/mol. The number of amides is 1. The van der Waals surface area contributed by atoms with Crippen LogP contribution < -0.4 is 21.0 Å². The van der Waals surface area contributed by atoms with E-state index in [4.69, 9.17) is 4.99 Å². The maximum absolute atomic E-state index is 12.9. The Hall–Kier alpha value is -3.34. The van der Waals surface area contributed by atoms with Crippen LogP contribution in [0.15, 0.2) is 39.5 Å². The SMILES string of the molecule is CN1C=c2c(c3c(c4c2=C2N=CC=C2CC=4)=NC2=C3CC(=O)C=C2)C1=O. The molecule has 3 heterocycles. The van der Waals surface area contributed by atoms with Gasteiger partial charge in [0.1, 0.15) is 0 Å². The standard InChI is InChI=1S/C21H13N3O2/c1-24-9-14-16-12(4-2-10-6-7-22-19(10)16)20-17(18(14)21(24)26)13-8-11(25)3-5-15(13)23-20/h3-7,9H,2,8H2,1H3. The molecule has 0 bridgehead atoms. The molecule has 1 aromatic carbocycles. The smallest absolute Gasteiger partial charge is 0.258 e. The van der Waals surface area contributed by atoms with Gasteiger partial charge in [-0.25, -0.2) is 4.99 Å². The lowest BCUT2D eigenvalue weighted by atomic mass is 9.88. The first-order chi connectivity index (χ1) is 12.6. The molecule has 1 amide bonds. The molecule has 5 heteroatoms. The molecule has 26 heavy (non-hydrogen) atoms. The van der Waals surface area contributed by atoms with Crippen molar-refractivity contribution in [1.29, 1.82) is 0 Å². The summed E-state index contributed by atoms with van der Waals surface area (Å²) >= 11 is 0. The zero-order valence-corrected chi connectivity index (χ0v) is 14.0. The van der Waals surface area contributed by atoms with E-state index in [0.717, 1.165) is 50.0 Å². The minimum atomic E-state index is -0.0521. The van der Waals surface area contributed by atoms with Crippen LogP contribution in [0.5, 0.6) is 0 Å². The van der Waals surface area contributed by atoms with Gasteiger partial charge in [-0.1, -0.05) is 6.08 Å². The van der Waals surface area contributed by atoms with Gasteiger partial charge in [0.15, 0.2) is 5.78 Å². The van der Waals surface area contributed by atoms with Crippen molar-refractivity contribution < 1.29 is 9.59 Å². The molecule has 0 spiro atoms. The predicted molar refractivity (Wildman–Crippen MR) is 97.8 cm³/mol. The van der Waals surface area contributed by atoms with Crippen molar-refractivity contribution in [2.75, 3.05) is 7.05 Å². The van der Waals surface area contributed by atoms with Crippen molar-refractivity contribution in [1.82, 2.24) is 4.90 Å². The van der Waals surface area contributed by atoms with E-state index in [1.807, 2.05) is 18.5 Å². The predicted octanol–water partition coefficient (Wildman–Crippen LogP) is -0.313. The summed E-state index contributed by atoms with van der Waals surface area (Å²) in [5.74, 6) is -0.00583. The zero-order valence-electron chi connectivity index (χ0n) is 14.0. The van der Waals surface area contributed by atoms with Crippen molar-refractivity contribution >= 4 is 41.5 Å². The Morgan fingerprint density at radius 1 is 1.12 bits per heavy atom. The maximum atomic E-state index is 12.9. The first-order valence-electron chi connectivity index (χ1n) is 8.60. The van der Waals surface area contributed by atoms with Gasteiger partial charge in [-0.15, -0.1) is 0 Å². The molecule has 0 atom stereocenters. The van der Waals surface area contributed by atoms with Gasteiger partial charge in [0.25, 0.3) is 5.91 Å². The largest absolute Gasteiger partial charge is 0.317 e. The lowest BCUT2D eigenvalue weighted by Gasteiger charge is -2.13. The molecular formula is C21H13N3O2. The number of nitrogens with zero attached hydrogens (tertiary/aromatic N) is 3. The molecule has 5 aliphatic rings. The van der Waals surface area contributed by atoms with Crippen LogP contribution in [-0.2, 0) is 4.79 Å². The van der Waals surface area contributed by atoms with Crippen molar-refractivity contribution in [3.63, 3.8) is 0 Å². The molecule has 0 saturated heterocycles. The van der Waals surface area contributed by atoms with Crippen LogP contribution in [-0.4, -0.2) is 29.9 Å². The van der Waals surface area contributed by atoms with Gasteiger partial charge >= 0.3 is 0 Å². The molecule has 124 valence electrons. The van der Waals surface area contributed by atoms with Crippen LogP contribution >= 0.6 is 0 Å². The number of aliphatic imine (C=N–C) groups is 1. The van der Waals surface area contributed by atoms with Crippen LogP contribution in [0.1, 0.15) is 28.8 Å². The number of allylic oxidation sites excluding steroid dienone is 4. The fraction of sp³-hybridized carbons (Fsp3) is 0.143. The Balaban J connectivity index is 1.88. The highest BCUT2D eigenvalue weighted by Crippen LogP contribution is 2.31. The van der Waals surface area contributed by atoms with Gasteiger partial charge in [0.05, 0.1) is 22.3 Å². The first kappa shape index (κ1) is 13.9. The molecule has 6 rings (SSSR count). The van der Waals surface area contributed by atoms with E-state index in [0.29, 0.717) is 12.0 Å². The van der Waals surface area contributed by atoms with Crippen molar-refractivity contribution in [3.8, 4) is 0 Å². The number of carbonyl (C=O) groups is 2. The third kappa shape index (κ3) is 1.51. The molecule has 0 N–H and O–H groups in total. The number of ketones is 1. The summed E-state index contributed by atoms with van der Waals surface area (Å²) in [6.07, 6.45) is 12.3. The van der Waals surface area contributed by atoms with E-state index in [1.54, 1.807) is 24.1 Å². The maximum Gasteiger partial charge on any atom is 0.258 e. The van der Waals surface area contributed by atoms with E-state index < -0.39 is 0 Å². The molecule has 0 radical (unpaired) electrons. The highest BCUT2D eigenvalue weighted by molar-refractivity contribution is 6.09. The Bertz CT molecular complexity index is 1370. The van der Waals surface area contributed by atoms with E-state index in [1.165, 1.54) is 5.57 Å². The summed E-state index contributed by atoms with van der Waals surface area (Å²) in [6.45, 7) is 0. The van der Waals surface area contributed by atoms with Crippen molar-refractivity contribution in [2.45, 2.75) is 12.8 Å². The Morgan fingerprint density at radius 3 is 2.88 bits per heavy atom. The summed E-state index contributed by atoms with van der Waals surface area (Å²) in [5, 5.41) is 3.73. The summed E-state index contributed by atoms with van der Waals surface area (Å²) in [7, 11) is 1.76. The number of benzene rings is 1. The molecule has 0 fully saturated rings. The second kappa shape index (κ2) is 4.43. The van der Waals surface area contributed by atoms with Crippen LogP contribution in [0.2, 0.25) is 0 Å². The number of fused-ring (bicyclic) bond motifs is 8. The molecule has 1 aromatic rings. The zero-order chi connectivity index (χ0) is 17.6. The minimum absolute atomic E-state index is 0.0463. The van der Waals surface area contributed by atoms with Crippen molar-refractivity contribution in [2.24, 2.45) is 9.98 Å². The summed E-state index contributed by atoms with van der Waals surface area (Å²) in [6, 6.07) is 0. The summed E-state index contributed by atoms with van der Waals surface area (Å²) in [5.41, 5.74) is 5.27. The van der Waals surface area contributed by atoms with E-state index >= 15 is 0 Å². The molecule has 5 nitrogen and oxygen atoms in total. The second-order valence-corrected chi connectivity index (χ2v) is 7.03. The van der Waals surface area contributed by atoms with Crippen molar-refractivity contribution in [3.05, 3.63) is 61.6 Å². The van der Waals surface area contributed by atoms with Crippen LogP contribution in [0.3, 0.4) is 0 Å². The quantitative estimate of drug-likeness (QED) is 0.651. The molecule has 3 aliphatic heterocycles. The van der Waals surface area contributed by atoms with Gasteiger partial charge in [-0.05, 0) is 35.8 Å². The average molecular weight is 339 g/mol. The molecule has 2 aliphatic carbocycles. The lowest BCUT2D eigenvalue weighted by Crippen LogP contribution is -2.53.